The Morgan fingerprint density at radius 3 is 2.65 bits per heavy atom. The number of nitrogens with zero attached hydrogens (tertiary/aromatic N) is 3. The summed E-state index contributed by atoms with van der Waals surface area (Å²) in [4.78, 5) is 13.1. The van der Waals surface area contributed by atoms with Crippen molar-refractivity contribution in [2.24, 2.45) is 0 Å². The van der Waals surface area contributed by atoms with E-state index >= 15 is 0 Å². The molecule has 0 spiro atoms. The van der Waals surface area contributed by atoms with Crippen molar-refractivity contribution in [3.05, 3.63) is 41.0 Å². The first-order valence-corrected chi connectivity index (χ1v) is 10.3. The third-order valence-corrected chi connectivity index (χ3v) is 5.93. The van der Waals surface area contributed by atoms with Crippen molar-refractivity contribution in [2.45, 2.75) is 33.1 Å². The number of fused-ring (bicyclic) bond motifs is 1. The summed E-state index contributed by atoms with van der Waals surface area (Å²) < 4.78 is 0. The molecule has 1 aliphatic rings. The van der Waals surface area contributed by atoms with Crippen LogP contribution in [-0.4, -0.2) is 36.1 Å². The van der Waals surface area contributed by atoms with Gasteiger partial charge in [0.05, 0.1) is 5.39 Å². The summed E-state index contributed by atoms with van der Waals surface area (Å²) in [5.74, 6) is 2.50. The van der Waals surface area contributed by atoms with Gasteiger partial charge in [-0.05, 0) is 36.9 Å². The van der Waals surface area contributed by atoms with E-state index in [9.17, 15) is 0 Å². The monoisotopic (exact) mass is 366 g/mol. The van der Waals surface area contributed by atoms with E-state index in [1.54, 1.807) is 11.3 Å². The molecule has 4 nitrogen and oxygen atoms in total. The molecule has 3 aromatic rings. The quantitative estimate of drug-likeness (QED) is 0.736. The van der Waals surface area contributed by atoms with Gasteiger partial charge in [0.1, 0.15) is 16.5 Å². The second kappa shape index (κ2) is 7.33. The normalized spacial score (nSPS) is 15.6. The molecular weight excluding hydrogens is 340 g/mol. The predicted octanol–water partition coefficient (Wildman–Crippen LogP) is 4.59. The molecule has 1 aliphatic heterocycles. The number of thiophene rings is 1. The first kappa shape index (κ1) is 17.4. The van der Waals surface area contributed by atoms with Crippen molar-refractivity contribution in [1.82, 2.24) is 15.3 Å². The Kier molecular flexibility index (Phi) is 4.92. The van der Waals surface area contributed by atoms with E-state index in [-0.39, 0.29) is 0 Å². The van der Waals surface area contributed by atoms with Gasteiger partial charge in [0.2, 0.25) is 0 Å². The Bertz CT molecular complexity index is 890. The van der Waals surface area contributed by atoms with Crippen LogP contribution in [0.4, 0.5) is 5.82 Å². The Morgan fingerprint density at radius 1 is 1.08 bits per heavy atom. The molecule has 0 bridgehead atoms. The van der Waals surface area contributed by atoms with E-state index in [0.717, 1.165) is 49.1 Å². The van der Waals surface area contributed by atoms with Gasteiger partial charge in [-0.25, -0.2) is 9.97 Å². The molecule has 0 saturated carbocycles. The summed E-state index contributed by atoms with van der Waals surface area (Å²) in [6.07, 6.45) is 1.15. The summed E-state index contributed by atoms with van der Waals surface area (Å²) in [5, 5.41) is 6.93. The summed E-state index contributed by atoms with van der Waals surface area (Å²) >= 11 is 1.72. The number of nitrogens with one attached hydrogen (secondary N) is 1. The van der Waals surface area contributed by atoms with Gasteiger partial charge in [-0.1, -0.05) is 38.1 Å². The number of benzene rings is 1. The number of aryl methyl sites for hydroxylation is 1. The fourth-order valence-electron chi connectivity index (χ4n) is 3.57. The average molecular weight is 367 g/mol. The third-order valence-electron chi connectivity index (χ3n) is 5.05. The molecule has 3 heterocycles. The van der Waals surface area contributed by atoms with E-state index in [1.807, 2.05) is 6.92 Å². The van der Waals surface area contributed by atoms with Gasteiger partial charge in [-0.15, -0.1) is 11.3 Å². The molecule has 4 rings (SSSR count). The third kappa shape index (κ3) is 3.33. The molecule has 1 saturated heterocycles. The summed E-state index contributed by atoms with van der Waals surface area (Å²) in [6, 6.07) is 8.97. The second-order valence-corrected chi connectivity index (χ2v) is 8.15. The summed E-state index contributed by atoms with van der Waals surface area (Å²) in [6.45, 7) is 10.6. The number of rotatable bonds is 3. The summed E-state index contributed by atoms with van der Waals surface area (Å²) in [7, 11) is 0. The van der Waals surface area contributed by atoms with E-state index in [1.165, 1.54) is 22.1 Å². The second-order valence-electron chi connectivity index (χ2n) is 7.29. The maximum Gasteiger partial charge on any atom is 0.141 e. The SMILES string of the molecule is Cc1nc(N2CCCNCC2)c2c(-c3ccc(C(C)C)cc3)csc2n1. The van der Waals surface area contributed by atoms with Crippen LogP contribution in [0.1, 0.15) is 37.6 Å². The lowest BCUT2D eigenvalue weighted by Crippen LogP contribution is -2.29. The van der Waals surface area contributed by atoms with Gasteiger partial charge in [0, 0.05) is 30.6 Å². The van der Waals surface area contributed by atoms with Crippen molar-refractivity contribution >= 4 is 27.4 Å². The minimum absolute atomic E-state index is 0.550. The number of hydrogen-bond acceptors (Lipinski definition) is 5. The molecule has 2 aromatic heterocycles. The van der Waals surface area contributed by atoms with Crippen LogP contribution < -0.4 is 10.2 Å². The fraction of sp³-hybridized carbons (Fsp3) is 0.429. The van der Waals surface area contributed by atoms with Crippen molar-refractivity contribution in [2.75, 3.05) is 31.1 Å². The number of anilines is 1. The largest absolute Gasteiger partial charge is 0.355 e. The van der Waals surface area contributed by atoms with Crippen molar-refractivity contribution in [3.63, 3.8) is 0 Å². The number of hydrogen-bond donors (Lipinski definition) is 1. The van der Waals surface area contributed by atoms with Crippen LogP contribution in [0.3, 0.4) is 0 Å². The highest BCUT2D eigenvalue weighted by molar-refractivity contribution is 7.17. The van der Waals surface area contributed by atoms with Crippen LogP contribution in [0.5, 0.6) is 0 Å². The number of aromatic nitrogens is 2. The van der Waals surface area contributed by atoms with Gasteiger partial charge in [-0.2, -0.15) is 0 Å². The minimum atomic E-state index is 0.550. The molecule has 26 heavy (non-hydrogen) atoms. The smallest absolute Gasteiger partial charge is 0.141 e. The van der Waals surface area contributed by atoms with Crippen LogP contribution in [0, 0.1) is 6.92 Å². The highest BCUT2D eigenvalue weighted by Crippen LogP contribution is 2.38. The molecule has 136 valence electrons. The Morgan fingerprint density at radius 2 is 1.88 bits per heavy atom. The van der Waals surface area contributed by atoms with Gasteiger partial charge in [0.25, 0.3) is 0 Å². The molecule has 0 amide bonds. The lowest BCUT2D eigenvalue weighted by atomic mass is 9.99. The molecular formula is C21H26N4S. The van der Waals surface area contributed by atoms with Crippen molar-refractivity contribution in [3.8, 4) is 11.1 Å². The standard InChI is InChI=1S/C21H26N4S/c1-14(2)16-5-7-17(8-6-16)18-13-26-21-19(18)20(23-15(3)24-21)25-11-4-9-22-10-12-25/h5-8,13-14,22H,4,9-12H2,1-3H3. The lowest BCUT2D eigenvalue weighted by Gasteiger charge is -2.22. The van der Waals surface area contributed by atoms with Crippen LogP contribution in [0.2, 0.25) is 0 Å². The molecule has 1 N–H and O–H groups in total. The predicted molar refractivity (Wildman–Crippen MR) is 111 cm³/mol. The van der Waals surface area contributed by atoms with Crippen LogP contribution in [0.15, 0.2) is 29.6 Å². The van der Waals surface area contributed by atoms with Crippen LogP contribution in [0.25, 0.3) is 21.3 Å². The Balaban J connectivity index is 1.83. The van der Waals surface area contributed by atoms with E-state index in [0.29, 0.717) is 5.92 Å². The summed E-state index contributed by atoms with van der Waals surface area (Å²) in [5.41, 5.74) is 3.88. The lowest BCUT2D eigenvalue weighted by molar-refractivity contribution is 0.724. The Hall–Kier alpha value is -1.98. The minimum Gasteiger partial charge on any atom is -0.355 e. The van der Waals surface area contributed by atoms with Gasteiger partial charge in [0.15, 0.2) is 0 Å². The van der Waals surface area contributed by atoms with Gasteiger partial charge < -0.3 is 10.2 Å². The van der Waals surface area contributed by atoms with Crippen molar-refractivity contribution < 1.29 is 0 Å². The molecule has 0 unspecified atom stereocenters. The van der Waals surface area contributed by atoms with E-state index in [2.05, 4.69) is 53.7 Å². The zero-order valence-electron chi connectivity index (χ0n) is 15.7. The molecule has 0 atom stereocenters. The highest BCUT2D eigenvalue weighted by atomic mass is 32.1. The van der Waals surface area contributed by atoms with Gasteiger partial charge in [-0.3, -0.25) is 0 Å². The van der Waals surface area contributed by atoms with Crippen molar-refractivity contribution in [1.29, 1.82) is 0 Å². The molecule has 1 fully saturated rings. The van der Waals surface area contributed by atoms with Gasteiger partial charge >= 0.3 is 0 Å². The first-order chi connectivity index (χ1) is 12.6. The van der Waals surface area contributed by atoms with E-state index in [4.69, 9.17) is 9.97 Å². The first-order valence-electron chi connectivity index (χ1n) is 9.45. The zero-order valence-corrected chi connectivity index (χ0v) is 16.6. The molecule has 1 aromatic carbocycles. The van der Waals surface area contributed by atoms with Crippen LogP contribution >= 0.6 is 11.3 Å². The maximum atomic E-state index is 4.86. The topological polar surface area (TPSA) is 41.1 Å². The molecule has 5 heteroatoms. The van der Waals surface area contributed by atoms with E-state index < -0.39 is 0 Å². The molecule has 0 aliphatic carbocycles. The maximum absolute atomic E-state index is 4.86. The van der Waals surface area contributed by atoms with Crippen LogP contribution in [-0.2, 0) is 0 Å². The molecule has 0 radical (unpaired) electrons. The average Bonchev–Trinajstić information content (AvgIpc) is 2.87. The highest BCUT2D eigenvalue weighted by Gasteiger charge is 2.20. The zero-order chi connectivity index (χ0) is 18.1. The Labute approximate surface area is 159 Å². The fourth-order valence-corrected chi connectivity index (χ4v) is 4.56.